The Morgan fingerprint density at radius 2 is 2.31 bits per heavy atom. The molecule has 1 aromatic heterocycles. The molecule has 0 aliphatic carbocycles. The number of hydrogen-bond donors (Lipinski definition) is 1. The molecule has 0 saturated heterocycles. The first-order valence-electron chi connectivity index (χ1n) is 4.74. The third kappa shape index (κ3) is 2.74. The van der Waals surface area contributed by atoms with Crippen LogP contribution in [0.3, 0.4) is 0 Å². The van der Waals surface area contributed by atoms with Gasteiger partial charge in [0, 0.05) is 10.7 Å². The maximum Gasteiger partial charge on any atom is 0.180 e. The zero-order valence-corrected chi connectivity index (χ0v) is 11.1. The summed E-state index contributed by atoms with van der Waals surface area (Å²) in [7, 11) is 0. The summed E-state index contributed by atoms with van der Waals surface area (Å²) in [5, 5.41) is 0.575. The molecule has 0 spiro atoms. The fourth-order valence-electron chi connectivity index (χ4n) is 1.31. The van der Waals surface area contributed by atoms with Crippen molar-refractivity contribution in [2.24, 2.45) is 0 Å². The normalized spacial score (nSPS) is 10.4. The summed E-state index contributed by atoms with van der Waals surface area (Å²) in [6.07, 6.45) is 1.74. The number of benzene rings is 1. The van der Waals surface area contributed by atoms with E-state index in [9.17, 15) is 0 Å². The van der Waals surface area contributed by atoms with Gasteiger partial charge in [0.15, 0.2) is 5.13 Å². The van der Waals surface area contributed by atoms with Gasteiger partial charge in [-0.3, -0.25) is 0 Å². The molecule has 3 nitrogen and oxygen atoms in total. The topological polar surface area (TPSA) is 48.1 Å². The Kier molecular flexibility index (Phi) is 3.46. The van der Waals surface area contributed by atoms with Crippen LogP contribution in [0.5, 0.6) is 5.75 Å². The lowest BCUT2D eigenvalue weighted by Gasteiger charge is -2.07. The molecule has 0 unspecified atom stereocenters. The molecule has 2 aromatic rings. The zero-order chi connectivity index (χ0) is 11.5. The number of anilines is 1. The number of nitrogen functional groups attached to an aromatic ring is 1. The first-order chi connectivity index (χ1) is 7.65. The SMILES string of the molecule is Cc1cc(Br)ccc1OCc1cnc(N)s1. The standard InChI is InChI=1S/C11H11BrN2OS/c1-7-4-8(12)2-3-10(7)15-6-9-5-14-11(13)16-9/h2-5H,6H2,1H3,(H2,13,14). The number of halogens is 1. The van der Waals surface area contributed by atoms with Gasteiger partial charge in [-0.25, -0.2) is 4.98 Å². The predicted molar refractivity (Wildman–Crippen MR) is 69.7 cm³/mol. The van der Waals surface area contributed by atoms with E-state index in [0.29, 0.717) is 11.7 Å². The van der Waals surface area contributed by atoms with Gasteiger partial charge in [-0.05, 0) is 30.7 Å². The van der Waals surface area contributed by atoms with Crippen molar-refractivity contribution in [3.63, 3.8) is 0 Å². The van der Waals surface area contributed by atoms with Crippen LogP contribution >= 0.6 is 27.3 Å². The van der Waals surface area contributed by atoms with Gasteiger partial charge in [0.1, 0.15) is 12.4 Å². The van der Waals surface area contributed by atoms with Gasteiger partial charge in [-0.15, -0.1) is 0 Å². The Labute approximate surface area is 106 Å². The van der Waals surface area contributed by atoms with Crippen LogP contribution in [0.4, 0.5) is 5.13 Å². The molecule has 0 fully saturated rings. The Balaban J connectivity index is 2.04. The van der Waals surface area contributed by atoms with Gasteiger partial charge in [-0.1, -0.05) is 27.3 Å². The smallest absolute Gasteiger partial charge is 0.180 e. The van der Waals surface area contributed by atoms with Crippen LogP contribution in [0, 0.1) is 6.92 Å². The van der Waals surface area contributed by atoms with Crippen LogP contribution in [0.1, 0.15) is 10.4 Å². The Morgan fingerprint density at radius 3 is 2.94 bits per heavy atom. The Morgan fingerprint density at radius 1 is 1.50 bits per heavy atom. The molecular weight excluding hydrogens is 288 g/mol. The van der Waals surface area contributed by atoms with Crippen LogP contribution in [0.2, 0.25) is 0 Å². The van der Waals surface area contributed by atoms with Crippen LogP contribution in [-0.4, -0.2) is 4.98 Å². The summed E-state index contributed by atoms with van der Waals surface area (Å²) in [5.74, 6) is 0.884. The van der Waals surface area contributed by atoms with Crippen LogP contribution in [0.25, 0.3) is 0 Å². The number of rotatable bonds is 3. The molecule has 2 N–H and O–H groups in total. The number of aryl methyl sites for hydroxylation is 1. The third-order valence-corrected chi connectivity index (χ3v) is 3.37. The van der Waals surface area contributed by atoms with E-state index in [2.05, 4.69) is 20.9 Å². The van der Waals surface area contributed by atoms with Crippen molar-refractivity contribution in [1.82, 2.24) is 4.98 Å². The fourth-order valence-corrected chi connectivity index (χ4v) is 2.39. The molecule has 2 rings (SSSR count). The molecule has 0 radical (unpaired) electrons. The molecular formula is C11H11BrN2OS. The van der Waals surface area contributed by atoms with E-state index < -0.39 is 0 Å². The summed E-state index contributed by atoms with van der Waals surface area (Å²) >= 11 is 4.86. The highest BCUT2D eigenvalue weighted by Crippen LogP contribution is 2.24. The fraction of sp³-hybridized carbons (Fsp3) is 0.182. The first-order valence-corrected chi connectivity index (χ1v) is 6.35. The van der Waals surface area contributed by atoms with Crippen molar-refractivity contribution in [1.29, 1.82) is 0 Å². The molecule has 0 amide bonds. The first kappa shape index (κ1) is 11.4. The number of nitrogens with two attached hydrogens (primary N) is 1. The molecule has 1 heterocycles. The van der Waals surface area contributed by atoms with Crippen molar-refractivity contribution in [3.8, 4) is 5.75 Å². The molecule has 0 saturated carbocycles. The second-order valence-corrected chi connectivity index (χ2v) is 5.43. The lowest BCUT2D eigenvalue weighted by atomic mass is 10.2. The minimum Gasteiger partial charge on any atom is -0.488 e. The summed E-state index contributed by atoms with van der Waals surface area (Å²) < 4.78 is 6.74. The average molecular weight is 299 g/mol. The predicted octanol–water partition coefficient (Wildman–Crippen LogP) is 3.38. The number of nitrogens with zero attached hydrogens (tertiary/aromatic N) is 1. The van der Waals surface area contributed by atoms with Crippen molar-refractivity contribution in [2.75, 3.05) is 5.73 Å². The largest absolute Gasteiger partial charge is 0.488 e. The Hall–Kier alpha value is -1.07. The lowest BCUT2D eigenvalue weighted by Crippen LogP contribution is -1.94. The zero-order valence-electron chi connectivity index (χ0n) is 8.74. The summed E-state index contributed by atoms with van der Waals surface area (Å²) in [4.78, 5) is 5.00. The maximum absolute atomic E-state index is 5.69. The van der Waals surface area contributed by atoms with Crippen LogP contribution in [-0.2, 0) is 6.61 Å². The van der Waals surface area contributed by atoms with Crippen molar-refractivity contribution < 1.29 is 4.74 Å². The molecule has 1 aromatic carbocycles. The lowest BCUT2D eigenvalue weighted by molar-refractivity contribution is 0.307. The number of thiazole rings is 1. The molecule has 0 aliphatic rings. The maximum atomic E-state index is 5.69. The van der Waals surface area contributed by atoms with E-state index in [0.717, 1.165) is 20.7 Å². The van der Waals surface area contributed by atoms with Gasteiger partial charge in [-0.2, -0.15) is 0 Å². The monoisotopic (exact) mass is 298 g/mol. The molecule has 0 bridgehead atoms. The van der Waals surface area contributed by atoms with Gasteiger partial charge in [0.2, 0.25) is 0 Å². The van der Waals surface area contributed by atoms with Gasteiger partial charge < -0.3 is 10.5 Å². The van der Waals surface area contributed by atoms with Crippen LogP contribution in [0.15, 0.2) is 28.9 Å². The number of aromatic nitrogens is 1. The average Bonchev–Trinajstić information content (AvgIpc) is 2.63. The van der Waals surface area contributed by atoms with E-state index in [1.54, 1.807) is 6.20 Å². The number of hydrogen-bond acceptors (Lipinski definition) is 4. The minimum atomic E-state index is 0.511. The van der Waals surface area contributed by atoms with Crippen molar-refractivity contribution in [2.45, 2.75) is 13.5 Å². The second kappa shape index (κ2) is 4.84. The third-order valence-electron chi connectivity index (χ3n) is 2.08. The van der Waals surface area contributed by atoms with Gasteiger partial charge >= 0.3 is 0 Å². The van der Waals surface area contributed by atoms with E-state index >= 15 is 0 Å². The van der Waals surface area contributed by atoms with E-state index in [1.165, 1.54) is 11.3 Å². The molecule has 0 aliphatic heterocycles. The van der Waals surface area contributed by atoms with Crippen LogP contribution < -0.4 is 10.5 Å². The summed E-state index contributed by atoms with van der Waals surface area (Å²) in [6.45, 7) is 2.53. The Bertz CT molecular complexity index is 498. The molecule has 16 heavy (non-hydrogen) atoms. The molecule has 5 heteroatoms. The van der Waals surface area contributed by atoms with Gasteiger partial charge in [0.25, 0.3) is 0 Å². The quantitative estimate of drug-likeness (QED) is 0.945. The number of ether oxygens (including phenoxy) is 1. The highest BCUT2D eigenvalue weighted by atomic mass is 79.9. The van der Waals surface area contributed by atoms with E-state index in [1.807, 2.05) is 25.1 Å². The highest BCUT2D eigenvalue weighted by molar-refractivity contribution is 9.10. The molecule has 0 atom stereocenters. The van der Waals surface area contributed by atoms with E-state index in [-0.39, 0.29) is 0 Å². The minimum absolute atomic E-state index is 0.511. The highest BCUT2D eigenvalue weighted by Gasteiger charge is 2.03. The summed E-state index contributed by atoms with van der Waals surface area (Å²) in [6, 6.07) is 5.93. The van der Waals surface area contributed by atoms with Gasteiger partial charge in [0.05, 0.1) is 4.88 Å². The van der Waals surface area contributed by atoms with E-state index in [4.69, 9.17) is 10.5 Å². The van der Waals surface area contributed by atoms with Crippen molar-refractivity contribution in [3.05, 3.63) is 39.3 Å². The summed E-state index contributed by atoms with van der Waals surface area (Å²) in [5.41, 5.74) is 6.65. The van der Waals surface area contributed by atoms with Crippen molar-refractivity contribution >= 4 is 32.4 Å². The second-order valence-electron chi connectivity index (χ2n) is 3.36. The molecule has 84 valence electrons.